The molecule has 3 atom stereocenters. The number of aromatic hydroxyl groups is 1. The molecule has 8 heteroatoms. The number of aromatic nitrogens is 3. The number of nitrogen functional groups attached to an aromatic ring is 1. The van der Waals surface area contributed by atoms with E-state index in [9.17, 15) is 5.11 Å². The molecule has 0 aliphatic carbocycles. The SMILES string of the molecule is CCCC1CN(c2cc(-c3ccccc3O)nnc2N)CC(C)N1c1ccnc(C#CCN2CC[C@H](C)C2)c1. The van der Waals surface area contributed by atoms with E-state index < -0.39 is 0 Å². The summed E-state index contributed by atoms with van der Waals surface area (Å²) in [5, 5.41) is 18.9. The number of phenols is 1. The molecule has 0 bridgehead atoms. The maximum atomic E-state index is 10.4. The third-order valence-electron chi connectivity index (χ3n) is 7.80. The number of piperazine rings is 1. The Balaban J connectivity index is 1.36. The van der Waals surface area contributed by atoms with Gasteiger partial charge in [0.2, 0.25) is 0 Å². The van der Waals surface area contributed by atoms with Crippen molar-refractivity contribution in [3.05, 3.63) is 54.4 Å². The van der Waals surface area contributed by atoms with Gasteiger partial charge in [-0.3, -0.25) is 4.90 Å². The average molecular weight is 526 g/mol. The second-order valence-corrected chi connectivity index (χ2v) is 11.0. The first kappa shape index (κ1) is 26.8. The van der Waals surface area contributed by atoms with Gasteiger partial charge in [-0.25, -0.2) is 4.98 Å². The molecule has 2 fully saturated rings. The van der Waals surface area contributed by atoms with Gasteiger partial charge in [0.25, 0.3) is 0 Å². The van der Waals surface area contributed by atoms with E-state index in [0.717, 1.165) is 68.6 Å². The number of hydrogen-bond acceptors (Lipinski definition) is 8. The number of nitrogens with zero attached hydrogens (tertiary/aromatic N) is 6. The van der Waals surface area contributed by atoms with Crippen LogP contribution in [0.15, 0.2) is 48.7 Å². The number of benzene rings is 1. The summed E-state index contributed by atoms with van der Waals surface area (Å²) in [7, 11) is 0. The first-order valence-electron chi connectivity index (χ1n) is 14.0. The van der Waals surface area contributed by atoms with Crippen molar-refractivity contribution in [2.45, 2.75) is 52.1 Å². The zero-order valence-corrected chi connectivity index (χ0v) is 23.2. The Morgan fingerprint density at radius 1 is 1.08 bits per heavy atom. The predicted octanol–water partition coefficient (Wildman–Crippen LogP) is 4.40. The van der Waals surface area contributed by atoms with Gasteiger partial charge in [-0.05, 0) is 68.5 Å². The summed E-state index contributed by atoms with van der Waals surface area (Å²) in [5.74, 6) is 7.99. The zero-order valence-electron chi connectivity index (χ0n) is 23.2. The van der Waals surface area contributed by atoms with E-state index >= 15 is 0 Å². The Hall–Kier alpha value is -3.83. The molecule has 2 aliphatic heterocycles. The molecular formula is C31H39N7O. The second kappa shape index (κ2) is 11.9. The highest BCUT2D eigenvalue weighted by Crippen LogP contribution is 2.35. The average Bonchev–Trinajstić information content (AvgIpc) is 3.34. The van der Waals surface area contributed by atoms with E-state index in [2.05, 4.69) is 74.6 Å². The van der Waals surface area contributed by atoms with Gasteiger partial charge in [0.1, 0.15) is 11.4 Å². The summed E-state index contributed by atoms with van der Waals surface area (Å²) in [6.45, 7) is 11.4. The van der Waals surface area contributed by atoms with Gasteiger partial charge in [-0.15, -0.1) is 10.2 Å². The van der Waals surface area contributed by atoms with Crippen LogP contribution >= 0.6 is 0 Å². The molecule has 0 spiro atoms. The Labute approximate surface area is 231 Å². The van der Waals surface area contributed by atoms with E-state index in [1.165, 1.54) is 6.42 Å². The van der Waals surface area contributed by atoms with Crippen LogP contribution in [0.25, 0.3) is 11.3 Å². The molecule has 2 aromatic heterocycles. The van der Waals surface area contributed by atoms with Crippen LogP contribution in [0.2, 0.25) is 0 Å². The van der Waals surface area contributed by atoms with Gasteiger partial charge in [-0.2, -0.15) is 0 Å². The second-order valence-electron chi connectivity index (χ2n) is 11.0. The summed E-state index contributed by atoms with van der Waals surface area (Å²) in [4.78, 5) is 11.8. The van der Waals surface area contributed by atoms with Gasteiger partial charge >= 0.3 is 0 Å². The van der Waals surface area contributed by atoms with Crippen LogP contribution < -0.4 is 15.5 Å². The molecule has 1 aromatic carbocycles. The lowest BCUT2D eigenvalue weighted by atomic mass is 10.0. The van der Waals surface area contributed by atoms with Crippen LogP contribution in [-0.4, -0.2) is 70.0 Å². The van der Waals surface area contributed by atoms with Crippen LogP contribution in [0.5, 0.6) is 5.75 Å². The number of anilines is 3. The van der Waals surface area contributed by atoms with Crippen molar-refractivity contribution >= 4 is 17.2 Å². The summed E-state index contributed by atoms with van der Waals surface area (Å²) < 4.78 is 0. The molecule has 5 rings (SSSR count). The topological polar surface area (TPSA) is 94.6 Å². The molecule has 2 unspecified atom stereocenters. The zero-order chi connectivity index (χ0) is 27.4. The highest BCUT2D eigenvalue weighted by molar-refractivity contribution is 5.74. The molecule has 2 aliphatic rings. The van der Waals surface area contributed by atoms with Crippen molar-refractivity contribution in [2.75, 3.05) is 48.3 Å². The minimum absolute atomic E-state index is 0.177. The standard InChI is InChI=1S/C31H39N7O/c1-4-8-26-21-37(29-18-28(34-35-31(29)32)27-10-5-6-11-30(27)39)20-23(3)38(26)25-12-14-33-24(17-25)9-7-15-36-16-13-22(2)19-36/h5-6,10-12,14,17-18,22-23,26,39H,4,8,13,15-16,19-21H2,1-3H3,(H2,32,35)/t22-,23?,26?/m0/s1. The first-order valence-corrected chi connectivity index (χ1v) is 14.0. The fraction of sp³-hybridized carbons (Fsp3) is 0.452. The number of rotatable bonds is 6. The maximum Gasteiger partial charge on any atom is 0.169 e. The van der Waals surface area contributed by atoms with Crippen LogP contribution in [0, 0.1) is 17.8 Å². The Bertz CT molecular complexity index is 1350. The maximum absolute atomic E-state index is 10.4. The lowest BCUT2D eigenvalue weighted by Gasteiger charge is -2.48. The fourth-order valence-corrected chi connectivity index (χ4v) is 5.94. The number of para-hydroxylation sites is 1. The Kier molecular flexibility index (Phi) is 8.18. The molecule has 0 amide bonds. The van der Waals surface area contributed by atoms with Crippen LogP contribution in [0.4, 0.5) is 17.2 Å². The molecule has 8 nitrogen and oxygen atoms in total. The molecular weight excluding hydrogens is 486 g/mol. The smallest absolute Gasteiger partial charge is 0.169 e. The lowest BCUT2D eigenvalue weighted by molar-refractivity contribution is 0.369. The molecule has 39 heavy (non-hydrogen) atoms. The summed E-state index contributed by atoms with van der Waals surface area (Å²) in [6.07, 6.45) is 5.25. The number of pyridine rings is 1. The van der Waals surface area contributed by atoms with Gasteiger partial charge in [0.05, 0.1) is 17.9 Å². The monoisotopic (exact) mass is 525 g/mol. The van der Waals surface area contributed by atoms with Crippen molar-refractivity contribution in [1.82, 2.24) is 20.1 Å². The fourth-order valence-electron chi connectivity index (χ4n) is 5.94. The summed E-state index contributed by atoms with van der Waals surface area (Å²) >= 11 is 0. The molecule has 3 aromatic rings. The van der Waals surface area contributed by atoms with Crippen molar-refractivity contribution in [3.8, 4) is 28.8 Å². The van der Waals surface area contributed by atoms with Crippen molar-refractivity contribution < 1.29 is 5.11 Å². The summed E-state index contributed by atoms with van der Waals surface area (Å²) in [6, 6.07) is 13.9. The number of likely N-dealkylation sites (tertiary alicyclic amines) is 1. The molecule has 0 saturated carbocycles. The summed E-state index contributed by atoms with van der Waals surface area (Å²) in [5.41, 5.74) is 10.4. The lowest BCUT2D eigenvalue weighted by Crippen LogP contribution is -2.58. The van der Waals surface area contributed by atoms with E-state index in [4.69, 9.17) is 5.73 Å². The first-order chi connectivity index (χ1) is 18.9. The van der Waals surface area contributed by atoms with Crippen molar-refractivity contribution in [2.24, 2.45) is 5.92 Å². The van der Waals surface area contributed by atoms with Crippen LogP contribution in [0.3, 0.4) is 0 Å². The molecule has 4 heterocycles. The van der Waals surface area contributed by atoms with Gasteiger partial charge < -0.3 is 20.6 Å². The molecule has 3 N–H and O–H groups in total. The van der Waals surface area contributed by atoms with E-state index in [-0.39, 0.29) is 17.8 Å². The van der Waals surface area contributed by atoms with Crippen molar-refractivity contribution in [3.63, 3.8) is 0 Å². The number of nitrogens with two attached hydrogens (primary N) is 1. The predicted molar refractivity (Wildman–Crippen MR) is 158 cm³/mol. The van der Waals surface area contributed by atoms with Crippen molar-refractivity contribution in [1.29, 1.82) is 0 Å². The van der Waals surface area contributed by atoms with E-state index in [1.807, 2.05) is 24.4 Å². The molecule has 0 radical (unpaired) electrons. The van der Waals surface area contributed by atoms with E-state index in [0.29, 0.717) is 17.1 Å². The van der Waals surface area contributed by atoms with E-state index in [1.54, 1.807) is 12.1 Å². The highest BCUT2D eigenvalue weighted by Gasteiger charge is 2.33. The Morgan fingerprint density at radius 2 is 1.92 bits per heavy atom. The van der Waals surface area contributed by atoms with Gasteiger partial charge in [0.15, 0.2) is 5.82 Å². The minimum atomic E-state index is 0.177. The highest BCUT2D eigenvalue weighted by atomic mass is 16.3. The molecule has 2 saturated heterocycles. The number of phenolic OH excluding ortho intramolecular Hbond substituents is 1. The Morgan fingerprint density at radius 3 is 2.69 bits per heavy atom. The van der Waals surface area contributed by atoms with Crippen LogP contribution in [0.1, 0.15) is 45.7 Å². The van der Waals surface area contributed by atoms with Crippen LogP contribution in [-0.2, 0) is 0 Å². The quantitative estimate of drug-likeness (QED) is 0.457. The third kappa shape index (κ3) is 6.10. The normalized spacial score (nSPS) is 21.6. The number of hydrogen-bond donors (Lipinski definition) is 2. The molecule has 204 valence electrons. The largest absolute Gasteiger partial charge is 0.507 e. The third-order valence-corrected chi connectivity index (χ3v) is 7.80. The minimum Gasteiger partial charge on any atom is -0.507 e. The van der Waals surface area contributed by atoms with Gasteiger partial charge in [-0.1, -0.05) is 38.3 Å². The van der Waals surface area contributed by atoms with Gasteiger partial charge in [0, 0.05) is 49.2 Å².